The topological polar surface area (TPSA) is 0 Å². The molecule has 2 aliphatic carbocycles. The van der Waals surface area contributed by atoms with Crippen molar-refractivity contribution >= 4 is 0 Å². The highest BCUT2D eigenvalue weighted by molar-refractivity contribution is 5.21. The highest BCUT2D eigenvalue weighted by atomic mass is 19.1. The Morgan fingerprint density at radius 3 is 2.40 bits per heavy atom. The van der Waals surface area contributed by atoms with Crippen LogP contribution in [0.5, 0.6) is 0 Å². The Morgan fingerprint density at radius 1 is 0.950 bits per heavy atom. The SMILES string of the molecule is C/C=C/C1CCC2CC(c3ccc(F)cc3)CCC2C1. The minimum Gasteiger partial charge on any atom is -0.207 e. The summed E-state index contributed by atoms with van der Waals surface area (Å²) in [6, 6.07) is 7.21. The first kappa shape index (κ1) is 13.9. The zero-order chi connectivity index (χ0) is 13.9. The van der Waals surface area contributed by atoms with Crippen LogP contribution in [-0.2, 0) is 0 Å². The summed E-state index contributed by atoms with van der Waals surface area (Å²) in [7, 11) is 0. The summed E-state index contributed by atoms with van der Waals surface area (Å²) in [5.41, 5.74) is 1.35. The van der Waals surface area contributed by atoms with E-state index in [-0.39, 0.29) is 5.82 Å². The number of allylic oxidation sites excluding steroid dienone is 2. The summed E-state index contributed by atoms with van der Waals surface area (Å²) in [6.07, 6.45) is 12.7. The van der Waals surface area contributed by atoms with E-state index in [4.69, 9.17) is 0 Å². The molecule has 0 nitrogen and oxygen atoms in total. The number of hydrogen-bond donors (Lipinski definition) is 0. The number of rotatable bonds is 2. The maximum absolute atomic E-state index is 13.0. The average molecular weight is 272 g/mol. The Kier molecular flexibility index (Phi) is 4.24. The van der Waals surface area contributed by atoms with E-state index >= 15 is 0 Å². The number of halogens is 1. The zero-order valence-corrected chi connectivity index (χ0v) is 12.4. The van der Waals surface area contributed by atoms with Gasteiger partial charge in [-0.15, -0.1) is 0 Å². The van der Waals surface area contributed by atoms with Gasteiger partial charge < -0.3 is 0 Å². The fourth-order valence-electron chi connectivity index (χ4n) is 4.41. The molecule has 3 rings (SSSR count). The first-order chi connectivity index (χ1) is 9.76. The van der Waals surface area contributed by atoms with Gasteiger partial charge in [0, 0.05) is 0 Å². The summed E-state index contributed by atoms with van der Waals surface area (Å²) in [5.74, 6) is 3.20. The molecule has 0 aromatic heterocycles. The van der Waals surface area contributed by atoms with Crippen LogP contribution in [0, 0.1) is 23.6 Å². The third-order valence-electron chi connectivity index (χ3n) is 5.46. The molecular weight excluding hydrogens is 247 g/mol. The average Bonchev–Trinajstić information content (AvgIpc) is 2.48. The molecule has 0 aliphatic heterocycles. The van der Waals surface area contributed by atoms with E-state index in [1.165, 1.54) is 44.1 Å². The number of fused-ring (bicyclic) bond motifs is 1. The molecule has 0 radical (unpaired) electrons. The van der Waals surface area contributed by atoms with Gasteiger partial charge in [0.25, 0.3) is 0 Å². The predicted molar refractivity (Wildman–Crippen MR) is 82.1 cm³/mol. The van der Waals surface area contributed by atoms with Crippen molar-refractivity contribution in [2.45, 2.75) is 51.4 Å². The second-order valence-electron chi connectivity index (χ2n) is 6.68. The Hall–Kier alpha value is -1.11. The second kappa shape index (κ2) is 6.11. The van der Waals surface area contributed by atoms with Crippen molar-refractivity contribution in [3.63, 3.8) is 0 Å². The lowest BCUT2D eigenvalue weighted by molar-refractivity contribution is 0.133. The zero-order valence-electron chi connectivity index (χ0n) is 12.4. The quantitative estimate of drug-likeness (QED) is 0.606. The number of hydrogen-bond acceptors (Lipinski definition) is 0. The van der Waals surface area contributed by atoms with Crippen LogP contribution in [0.2, 0.25) is 0 Å². The molecule has 0 amide bonds. The Labute approximate surface area is 122 Å². The van der Waals surface area contributed by atoms with Gasteiger partial charge in [-0.05, 0) is 86.8 Å². The van der Waals surface area contributed by atoms with Crippen molar-refractivity contribution < 1.29 is 4.39 Å². The predicted octanol–water partition coefficient (Wildman–Crippen LogP) is 5.70. The first-order valence-corrected chi connectivity index (χ1v) is 8.14. The summed E-state index contributed by atoms with van der Waals surface area (Å²) < 4.78 is 13.0. The van der Waals surface area contributed by atoms with E-state index in [2.05, 4.69) is 19.1 Å². The van der Waals surface area contributed by atoms with Crippen LogP contribution in [0.4, 0.5) is 4.39 Å². The lowest BCUT2D eigenvalue weighted by atomic mass is 9.64. The van der Waals surface area contributed by atoms with Crippen molar-refractivity contribution in [2.75, 3.05) is 0 Å². The summed E-state index contributed by atoms with van der Waals surface area (Å²) in [6.45, 7) is 2.14. The van der Waals surface area contributed by atoms with Crippen molar-refractivity contribution in [1.29, 1.82) is 0 Å². The van der Waals surface area contributed by atoms with Crippen LogP contribution in [0.25, 0.3) is 0 Å². The molecular formula is C19H25F. The van der Waals surface area contributed by atoms with Crippen LogP contribution in [0.15, 0.2) is 36.4 Å². The molecule has 2 saturated carbocycles. The molecule has 4 atom stereocenters. The standard InChI is InChI=1S/C19H25F/c1-2-3-14-4-5-18-13-17(7-6-16(18)12-14)15-8-10-19(20)11-9-15/h2-3,8-11,14,16-18H,4-7,12-13H2,1H3/b3-2+. The van der Waals surface area contributed by atoms with E-state index < -0.39 is 0 Å². The van der Waals surface area contributed by atoms with Gasteiger partial charge in [0.05, 0.1) is 0 Å². The van der Waals surface area contributed by atoms with Crippen molar-refractivity contribution in [3.8, 4) is 0 Å². The molecule has 108 valence electrons. The van der Waals surface area contributed by atoms with E-state index in [0.29, 0.717) is 5.92 Å². The monoisotopic (exact) mass is 272 g/mol. The third-order valence-corrected chi connectivity index (χ3v) is 5.46. The molecule has 0 saturated heterocycles. The van der Waals surface area contributed by atoms with Gasteiger partial charge in [-0.1, -0.05) is 24.3 Å². The Bertz CT molecular complexity index is 459. The fraction of sp³-hybridized carbons (Fsp3) is 0.579. The Balaban J connectivity index is 1.64. The smallest absolute Gasteiger partial charge is 0.123 e. The van der Waals surface area contributed by atoms with Crippen molar-refractivity contribution in [3.05, 3.63) is 47.8 Å². The van der Waals surface area contributed by atoms with Crippen LogP contribution in [0.1, 0.15) is 56.9 Å². The van der Waals surface area contributed by atoms with Gasteiger partial charge in [0.1, 0.15) is 5.82 Å². The van der Waals surface area contributed by atoms with Gasteiger partial charge in [-0.2, -0.15) is 0 Å². The highest BCUT2D eigenvalue weighted by Crippen LogP contribution is 2.47. The minimum atomic E-state index is -0.116. The van der Waals surface area contributed by atoms with Gasteiger partial charge in [-0.25, -0.2) is 4.39 Å². The van der Waals surface area contributed by atoms with Crippen LogP contribution in [-0.4, -0.2) is 0 Å². The van der Waals surface area contributed by atoms with Gasteiger partial charge in [0.15, 0.2) is 0 Å². The van der Waals surface area contributed by atoms with Crippen molar-refractivity contribution in [2.24, 2.45) is 17.8 Å². The molecule has 2 aliphatic rings. The van der Waals surface area contributed by atoms with Crippen LogP contribution in [0.3, 0.4) is 0 Å². The maximum atomic E-state index is 13.0. The normalized spacial score (nSPS) is 34.1. The minimum absolute atomic E-state index is 0.116. The molecule has 4 unspecified atom stereocenters. The fourth-order valence-corrected chi connectivity index (χ4v) is 4.41. The lowest BCUT2D eigenvalue weighted by Gasteiger charge is -2.41. The molecule has 0 spiro atoms. The van der Waals surface area contributed by atoms with Gasteiger partial charge in [0.2, 0.25) is 0 Å². The van der Waals surface area contributed by atoms with Gasteiger partial charge >= 0.3 is 0 Å². The maximum Gasteiger partial charge on any atom is 0.123 e. The summed E-state index contributed by atoms with van der Waals surface area (Å²) in [4.78, 5) is 0. The largest absolute Gasteiger partial charge is 0.207 e. The number of benzene rings is 1. The summed E-state index contributed by atoms with van der Waals surface area (Å²) >= 11 is 0. The molecule has 0 bridgehead atoms. The van der Waals surface area contributed by atoms with E-state index in [1.54, 1.807) is 12.1 Å². The van der Waals surface area contributed by atoms with Crippen LogP contribution < -0.4 is 0 Å². The van der Waals surface area contributed by atoms with E-state index in [9.17, 15) is 4.39 Å². The van der Waals surface area contributed by atoms with E-state index in [1.807, 2.05) is 12.1 Å². The van der Waals surface area contributed by atoms with Crippen LogP contribution >= 0.6 is 0 Å². The second-order valence-corrected chi connectivity index (χ2v) is 6.68. The van der Waals surface area contributed by atoms with Gasteiger partial charge in [-0.3, -0.25) is 0 Å². The molecule has 0 heterocycles. The molecule has 2 fully saturated rings. The Morgan fingerprint density at radius 2 is 1.65 bits per heavy atom. The lowest BCUT2D eigenvalue weighted by Crippen LogP contribution is -2.30. The van der Waals surface area contributed by atoms with Crippen molar-refractivity contribution in [1.82, 2.24) is 0 Å². The summed E-state index contributed by atoms with van der Waals surface area (Å²) in [5, 5.41) is 0. The molecule has 0 N–H and O–H groups in total. The molecule has 20 heavy (non-hydrogen) atoms. The highest BCUT2D eigenvalue weighted by Gasteiger charge is 2.35. The molecule has 1 heteroatoms. The first-order valence-electron chi connectivity index (χ1n) is 8.14. The molecule has 1 aromatic rings. The molecule has 1 aromatic carbocycles. The third kappa shape index (κ3) is 2.97. The van der Waals surface area contributed by atoms with E-state index in [0.717, 1.165) is 17.8 Å².